The molecule has 0 aliphatic carbocycles. The predicted octanol–water partition coefficient (Wildman–Crippen LogP) is 3.19. The lowest BCUT2D eigenvalue weighted by Gasteiger charge is -2.38. The van der Waals surface area contributed by atoms with E-state index in [9.17, 15) is 9.59 Å². The van der Waals surface area contributed by atoms with Crippen LogP contribution in [0.1, 0.15) is 41.3 Å². The number of carboxylic acid groups (broad SMARTS) is 1. The molecule has 29 heavy (non-hydrogen) atoms. The van der Waals surface area contributed by atoms with Crippen LogP contribution in [0.15, 0.2) is 48.5 Å². The van der Waals surface area contributed by atoms with Gasteiger partial charge in [-0.3, -0.25) is 4.79 Å². The van der Waals surface area contributed by atoms with Crippen LogP contribution in [0.3, 0.4) is 0 Å². The van der Waals surface area contributed by atoms with Crippen LogP contribution in [0.2, 0.25) is 0 Å². The van der Waals surface area contributed by atoms with Crippen molar-refractivity contribution in [3.8, 4) is 5.75 Å². The van der Waals surface area contributed by atoms with Crippen molar-refractivity contribution >= 4 is 11.9 Å². The second-order valence-corrected chi connectivity index (χ2v) is 7.31. The number of ether oxygens (including phenoxy) is 2. The highest BCUT2D eigenvalue weighted by Crippen LogP contribution is 2.35. The second kappa shape index (κ2) is 9.56. The predicted molar refractivity (Wildman–Crippen MR) is 109 cm³/mol. The summed E-state index contributed by atoms with van der Waals surface area (Å²) in [6, 6.07) is 14.5. The Bertz CT molecular complexity index is 823. The molecule has 1 aliphatic heterocycles. The molecule has 0 spiro atoms. The number of rotatable bonds is 8. The number of carboxylic acids is 1. The van der Waals surface area contributed by atoms with Crippen molar-refractivity contribution in [3.63, 3.8) is 0 Å². The van der Waals surface area contributed by atoms with Crippen molar-refractivity contribution in [1.29, 1.82) is 0 Å². The highest BCUT2D eigenvalue weighted by atomic mass is 16.5. The van der Waals surface area contributed by atoms with E-state index in [4.69, 9.17) is 14.6 Å². The van der Waals surface area contributed by atoms with Gasteiger partial charge in [0.05, 0.1) is 18.6 Å². The summed E-state index contributed by atoms with van der Waals surface area (Å²) in [7, 11) is 0. The number of carbonyl (C=O) groups excluding carboxylic acids is 1. The van der Waals surface area contributed by atoms with Crippen LogP contribution >= 0.6 is 0 Å². The average molecular weight is 397 g/mol. The summed E-state index contributed by atoms with van der Waals surface area (Å²) in [5.41, 5.74) is 2.02. The van der Waals surface area contributed by atoms with Gasteiger partial charge in [-0.2, -0.15) is 0 Å². The van der Waals surface area contributed by atoms with Crippen molar-refractivity contribution in [1.82, 2.24) is 5.32 Å². The molecule has 1 saturated heterocycles. The summed E-state index contributed by atoms with van der Waals surface area (Å²) >= 11 is 0. The van der Waals surface area contributed by atoms with Gasteiger partial charge >= 0.3 is 5.97 Å². The Morgan fingerprint density at radius 3 is 2.31 bits per heavy atom. The third-order valence-electron chi connectivity index (χ3n) is 5.42. The molecule has 0 aromatic heterocycles. The first-order valence-corrected chi connectivity index (χ1v) is 9.92. The van der Waals surface area contributed by atoms with Gasteiger partial charge in [0.25, 0.3) is 0 Å². The lowest BCUT2D eigenvalue weighted by Crippen LogP contribution is -2.45. The topological polar surface area (TPSA) is 84.9 Å². The zero-order valence-corrected chi connectivity index (χ0v) is 16.6. The Morgan fingerprint density at radius 1 is 1.07 bits per heavy atom. The molecule has 2 N–H and O–H groups in total. The summed E-state index contributed by atoms with van der Waals surface area (Å²) in [5.74, 6) is -0.213. The van der Waals surface area contributed by atoms with Crippen LogP contribution in [-0.2, 0) is 21.4 Å². The van der Waals surface area contributed by atoms with E-state index in [1.807, 2.05) is 19.1 Å². The third kappa shape index (κ3) is 5.35. The zero-order valence-electron chi connectivity index (χ0n) is 16.6. The molecule has 6 heteroatoms. The van der Waals surface area contributed by atoms with Gasteiger partial charge in [-0.15, -0.1) is 0 Å². The Hall–Kier alpha value is -2.86. The molecule has 0 radical (unpaired) electrons. The summed E-state index contributed by atoms with van der Waals surface area (Å²) in [4.78, 5) is 23.5. The van der Waals surface area contributed by atoms with Gasteiger partial charge in [-0.05, 0) is 55.2 Å². The monoisotopic (exact) mass is 397 g/mol. The molecule has 1 aliphatic rings. The second-order valence-electron chi connectivity index (χ2n) is 7.31. The molecular weight excluding hydrogens is 370 g/mol. The normalized spacial score (nSPS) is 15.5. The van der Waals surface area contributed by atoms with Crippen LogP contribution < -0.4 is 10.1 Å². The molecule has 2 aromatic carbocycles. The summed E-state index contributed by atoms with van der Waals surface area (Å²) in [6.07, 6.45) is 1.90. The van der Waals surface area contributed by atoms with Crippen molar-refractivity contribution in [2.24, 2.45) is 0 Å². The first-order valence-electron chi connectivity index (χ1n) is 9.92. The molecule has 2 aromatic rings. The average Bonchev–Trinajstić information content (AvgIpc) is 2.74. The minimum atomic E-state index is -0.974. The van der Waals surface area contributed by atoms with Crippen LogP contribution in [-0.4, -0.2) is 43.3 Å². The van der Waals surface area contributed by atoms with Gasteiger partial charge < -0.3 is 19.9 Å². The number of benzene rings is 2. The summed E-state index contributed by atoms with van der Waals surface area (Å²) in [6.45, 7) is 4.45. The molecule has 0 saturated carbocycles. The number of hydrogen-bond acceptors (Lipinski definition) is 4. The fraction of sp³-hybridized carbons (Fsp3) is 0.391. The molecule has 0 atom stereocenters. The van der Waals surface area contributed by atoms with Crippen molar-refractivity contribution < 1.29 is 24.2 Å². The quantitative estimate of drug-likeness (QED) is 0.715. The maximum Gasteiger partial charge on any atom is 0.335 e. The number of hydrogen-bond donors (Lipinski definition) is 2. The fourth-order valence-electron chi connectivity index (χ4n) is 3.68. The maximum atomic E-state index is 12.5. The smallest absolute Gasteiger partial charge is 0.335 e. The first kappa shape index (κ1) is 20.9. The largest absolute Gasteiger partial charge is 0.494 e. The molecule has 154 valence electrons. The SMILES string of the molecule is CCOc1ccc(C2(CNC(=O)Cc3ccc(C(=O)O)cc3)CCOCC2)cc1. The first-order chi connectivity index (χ1) is 14.0. The molecular formula is C23H27NO5. The highest BCUT2D eigenvalue weighted by molar-refractivity contribution is 5.87. The van der Waals surface area contributed by atoms with E-state index in [2.05, 4.69) is 17.4 Å². The Balaban J connectivity index is 1.65. The maximum absolute atomic E-state index is 12.5. The third-order valence-corrected chi connectivity index (χ3v) is 5.42. The van der Waals surface area contributed by atoms with Gasteiger partial charge in [0.15, 0.2) is 0 Å². The van der Waals surface area contributed by atoms with Gasteiger partial charge in [-0.1, -0.05) is 24.3 Å². The fourth-order valence-corrected chi connectivity index (χ4v) is 3.68. The summed E-state index contributed by atoms with van der Waals surface area (Å²) < 4.78 is 11.1. The van der Waals surface area contributed by atoms with Gasteiger partial charge in [-0.25, -0.2) is 4.79 Å². The molecule has 1 amide bonds. The van der Waals surface area contributed by atoms with Crippen molar-refractivity contribution in [3.05, 3.63) is 65.2 Å². The lowest BCUT2D eigenvalue weighted by atomic mass is 9.74. The van der Waals surface area contributed by atoms with Crippen molar-refractivity contribution in [2.45, 2.75) is 31.6 Å². The number of nitrogens with one attached hydrogen (secondary N) is 1. The van der Waals surface area contributed by atoms with E-state index < -0.39 is 5.97 Å². The van der Waals surface area contributed by atoms with E-state index >= 15 is 0 Å². The Labute approximate surface area is 170 Å². The number of amides is 1. The van der Waals surface area contributed by atoms with Crippen LogP contribution in [0.5, 0.6) is 5.75 Å². The van der Waals surface area contributed by atoms with Crippen LogP contribution in [0.25, 0.3) is 0 Å². The standard InChI is InChI=1S/C23H27NO5/c1-2-29-20-9-7-19(8-10-20)23(11-13-28-14-12-23)16-24-21(25)15-17-3-5-18(6-4-17)22(26)27/h3-10H,2,11-16H2,1H3,(H,24,25)(H,26,27). The van der Waals surface area contributed by atoms with E-state index in [1.54, 1.807) is 12.1 Å². The molecule has 1 heterocycles. The lowest BCUT2D eigenvalue weighted by molar-refractivity contribution is -0.121. The van der Waals surface area contributed by atoms with Crippen LogP contribution in [0, 0.1) is 0 Å². The highest BCUT2D eigenvalue weighted by Gasteiger charge is 2.34. The molecule has 0 unspecified atom stereocenters. The van der Waals surface area contributed by atoms with E-state index in [0.717, 1.165) is 24.2 Å². The molecule has 1 fully saturated rings. The molecule has 6 nitrogen and oxygen atoms in total. The molecule has 3 rings (SSSR count). The minimum absolute atomic E-state index is 0.0788. The van der Waals surface area contributed by atoms with Gasteiger partial charge in [0.1, 0.15) is 5.75 Å². The van der Waals surface area contributed by atoms with E-state index in [1.165, 1.54) is 17.7 Å². The number of carbonyl (C=O) groups is 2. The van der Waals surface area contributed by atoms with E-state index in [0.29, 0.717) is 26.4 Å². The van der Waals surface area contributed by atoms with Gasteiger partial charge in [0, 0.05) is 25.2 Å². The van der Waals surface area contributed by atoms with Crippen molar-refractivity contribution in [2.75, 3.05) is 26.4 Å². The van der Waals surface area contributed by atoms with Crippen LogP contribution in [0.4, 0.5) is 0 Å². The summed E-state index contributed by atoms with van der Waals surface area (Å²) in [5, 5.41) is 12.0. The zero-order chi connectivity index (χ0) is 20.7. The minimum Gasteiger partial charge on any atom is -0.494 e. The Kier molecular flexibility index (Phi) is 6.88. The molecule has 0 bridgehead atoms. The number of aromatic carboxylic acids is 1. The Morgan fingerprint density at radius 2 is 1.72 bits per heavy atom. The van der Waals surface area contributed by atoms with Gasteiger partial charge in [0.2, 0.25) is 5.91 Å². The van der Waals surface area contributed by atoms with E-state index in [-0.39, 0.29) is 23.3 Å².